The molecule has 2 heterocycles. The van der Waals surface area contributed by atoms with Crippen molar-refractivity contribution >= 4 is 17.1 Å². The number of halogens is 1. The minimum Gasteiger partial charge on any atom is -0.467 e. The molecule has 23 heavy (non-hydrogen) atoms. The zero-order valence-electron chi connectivity index (χ0n) is 12.3. The van der Waals surface area contributed by atoms with Crippen molar-refractivity contribution < 1.29 is 13.9 Å². The first kappa shape index (κ1) is 14.8. The summed E-state index contributed by atoms with van der Waals surface area (Å²) in [7, 11) is 1.23. The van der Waals surface area contributed by atoms with E-state index in [9.17, 15) is 14.0 Å². The number of hydrogen-bond donors (Lipinski definition) is 0. The molecule has 0 aliphatic heterocycles. The highest BCUT2D eigenvalue weighted by Crippen LogP contribution is 2.14. The van der Waals surface area contributed by atoms with Crippen LogP contribution in [0.2, 0.25) is 0 Å². The maximum Gasteiger partial charge on any atom is 0.328 e. The summed E-state index contributed by atoms with van der Waals surface area (Å²) in [4.78, 5) is 28.1. The Morgan fingerprint density at radius 1 is 1.39 bits per heavy atom. The van der Waals surface area contributed by atoms with E-state index in [1.165, 1.54) is 43.2 Å². The van der Waals surface area contributed by atoms with Crippen LogP contribution in [-0.4, -0.2) is 37.6 Å². The number of ether oxygens (including phenoxy) is 1. The summed E-state index contributed by atoms with van der Waals surface area (Å²) in [6, 6.07) is 4.82. The first-order chi connectivity index (χ1) is 11.0. The molecule has 1 aromatic carbocycles. The largest absolute Gasteiger partial charge is 0.467 e. The lowest BCUT2D eigenvalue weighted by Crippen LogP contribution is -2.29. The Morgan fingerprint density at radius 3 is 2.87 bits per heavy atom. The van der Waals surface area contributed by atoms with Crippen molar-refractivity contribution in [3.63, 3.8) is 0 Å². The molecular weight excluding hydrogens is 305 g/mol. The normalized spacial score (nSPS) is 12.3. The highest BCUT2D eigenvalue weighted by Gasteiger charge is 2.20. The number of benzene rings is 1. The maximum absolute atomic E-state index is 13.3. The van der Waals surface area contributed by atoms with Gasteiger partial charge in [-0.05, 0) is 25.1 Å². The van der Waals surface area contributed by atoms with E-state index in [1.807, 2.05) is 0 Å². The van der Waals surface area contributed by atoms with Crippen LogP contribution in [0, 0.1) is 5.82 Å². The summed E-state index contributed by atoms with van der Waals surface area (Å²) in [5, 5.41) is 7.64. The molecular formula is C14H12FN5O3. The Bertz CT molecular complexity index is 949. The van der Waals surface area contributed by atoms with Gasteiger partial charge in [-0.1, -0.05) is 11.3 Å². The number of aromatic nitrogens is 5. The Labute approximate surface area is 129 Å². The molecule has 0 unspecified atom stereocenters. The van der Waals surface area contributed by atoms with Gasteiger partial charge in [0.2, 0.25) is 0 Å². The van der Waals surface area contributed by atoms with Crippen LogP contribution in [-0.2, 0) is 9.53 Å². The van der Waals surface area contributed by atoms with Crippen LogP contribution in [0.1, 0.15) is 13.0 Å². The van der Waals surface area contributed by atoms with Gasteiger partial charge in [0.25, 0.3) is 5.56 Å². The fourth-order valence-electron chi connectivity index (χ4n) is 2.16. The average molecular weight is 317 g/mol. The molecule has 0 aliphatic rings. The Kier molecular flexibility index (Phi) is 3.61. The van der Waals surface area contributed by atoms with Gasteiger partial charge in [0, 0.05) is 0 Å². The van der Waals surface area contributed by atoms with Crippen molar-refractivity contribution in [2.75, 3.05) is 7.11 Å². The SMILES string of the molecule is COC(=O)[C@@H](C)n1cnc2c(nnn2-c2cccc(F)c2)c1=O. The van der Waals surface area contributed by atoms with Crippen LogP contribution in [0.5, 0.6) is 0 Å². The van der Waals surface area contributed by atoms with Gasteiger partial charge in [-0.2, -0.15) is 4.68 Å². The van der Waals surface area contributed by atoms with Gasteiger partial charge in [-0.15, -0.1) is 5.10 Å². The van der Waals surface area contributed by atoms with E-state index >= 15 is 0 Å². The Balaban J connectivity index is 2.15. The smallest absolute Gasteiger partial charge is 0.328 e. The van der Waals surface area contributed by atoms with E-state index in [4.69, 9.17) is 0 Å². The minimum absolute atomic E-state index is 0.0208. The number of rotatable bonds is 3. The molecule has 0 saturated carbocycles. The predicted octanol–water partition coefficient (Wildman–Crippen LogP) is 0.850. The number of carbonyl (C=O) groups excluding carboxylic acids is 1. The molecule has 0 saturated heterocycles. The summed E-state index contributed by atoms with van der Waals surface area (Å²) < 4.78 is 20.3. The molecule has 118 valence electrons. The second kappa shape index (κ2) is 5.59. The number of nitrogens with zero attached hydrogens (tertiary/aromatic N) is 5. The number of methoxy groups -OCH3 is 1. The fourth-order valence-corrected chi connectivity index (χ4v) is 2.16. The van der Waals surface area contributed by atoms with Gasteiger partial charge >= 0.3 is 5.97 Å². The second-order valence-corrected chi connectivity index (χ2v) is 4.81. The molecule has 1 atom stereocenters. The molecule has 3 aromatic rings. The van der Waals surface area contributed by atoms with Gasteiger partial charge in [0.05, 0.1) is 12.8 Å². The second-order valence-electron chi connectivity index (χ2n) is 4.81. The predicted molar refractivity (Wildman–Crippen MR) is 77.6 cm³/mol. The topological polar surface area (TPSA) is 91.9 Å². The van der Waals surface area contributed by atoms with Gasteiger partial charge < -0.3 is 4.74 Å². The zero-order valence-corrected chi connectivity index (χ0v) is 12.3. The first-order valence-corrected chi connectivity index (χ1v) is 6.69. The molecule has 0 radical (unpaired) electrons. The first-order valence-electron chi connectivity index (χ1n) is 6.69. The molecule has 3 rings (SSSR count). The lowest BCUT2D eigenvalue weighted by molar-refractivity contribution is -0.144. The molecule has 0 fully saturated rings. The van der Waals surface area contributed by atoms with E-state index in [2.05, 4.69) is 20.0 Å². The Hall–Kier alpha value is -3.10. The van der Waals surface area contributed by atoms with Crippen LogP contribution in [0.3, 0.4) is 0 Å². The lowest BCUT2D eigenvalue weighted by Gasteiger charge is -2.11. The monoisotopic (exact) mass is 317 g/mol. The third-order valence-electron chi connectivity index (χ3n) is 3.40. The van der Waals surface area contributed by atoms with Crippen LogP contribution < -0.4 is 5.56 Å². The van der Waals surface area contributed by atoms with Gasteiger partial charge in [-0.3, -0.25) is 9.36 Å². The van der Waals surface area contributed by atoms with Crippen molar-refractivity contribution in [2.24, 2.45) is 0 Å². The molecule has 0 aliphatic carbocycles. The van der Waals surface area contributed by atoms with E-state index in [-0.39, 0.29) is 11.2 Å². The lowest BCUT2D eigenvalue weighted by atomic mass is 10.3. The Morgan fingerprint density at radius 2 is 2.17 bits per heavy atom. The molecule has 2 aromatic heterocycles. The summed E-state index contributed by atoms with van der Waals surface area (Å²) in [6.45, 7) is 1.51. The highest BCUT2D eigenvalue weighted by atomic mass is 19.1. The van der Waals surface area contributed by atoms with Crippen LogP contribution in [0.15, 0.2) is 35.4 Å². The quantitative estimate of drug-likeness (QED) is 0.665. The standard InChI is InChI=1S/C14H12FN5O3/c1-8(14(22)23-2)19-7-16-12-11(13(19)21)17-18-20(12)10-5-3-4-9(15)6-10/h3-8H,1-2H3/t8-/m1/s1. The fraction of sp³-hybridized carbons (Fsp3) is 0.214. The summed E-state index contributed by atoms with van der Waals surface area (Å²) in [5.41, 5.74) is 0.00940. The van der Waals surface area contributed by atoms with Gasteiger partial charge in [0.1, 0.15) is 18.2 Å². The molecule has 8 nitrogen and oxygen atoms in total. The van der Waals surface area contributed by atoms with E-state index in [0.717, 1.165) is 4.57 Å². The van der Waals surface area contributed by atoms with E-state index in [0.29, 0.717) is 5.69 Å². The zero-order chi connectivity index (χ0) is 16.6. The molecule has 0 spiro atoms. The number of hydrogen-bond acceptors (Lipinski definition) is 6. The number of fused-ring (bicyclic) bond motifs is 1. The van der Waals surface area contributed by atoms with Crippen molar-refractivity contribution in [1.82, 2.24) is 24.5 Å². The summed E-state index contributed by atoms with van der Waals surface area (Å²) in [6.07, 6.45) is 1.21. The summed E-state index contributed by atoms with van der Waals surface area (Å²) in [5.74, 6) is -1.02. The van der Waals surface area contributed by atoms with Gasteiger partial charge in [0.15, 0.2) is 11.2 Å². The highest BCUT2D eigenvalue weighted by molar-refractivity contribution is 5.75. The van der Waals surface area contributed by atoms with Crippen molar-refractivity contribution in [2.45, 2.75) is 13.0 Å². The third kappa shape index (κ3) is 2.45. The molecule has 0 amide bonds. The minimum atomic E-state index is -0.844. The van der Waals surface area contributed by atoms with E-state index < -0.39 is 23.4 Å². The van der Waals surface area contributed by atoms with Gasteiger partial charge in [-0.25, -0.2) is 14.2 Å². The van der Waals surface area contributed by atoms with Crippen LogP contribution in [0.25, 0.3) is 16.9 Å². The maximum atomic E-state index is 13.3. The molecule has 0 N–H and O–H groups in total. The van der Waals surface area contributed by atoms with Crippen molar-refractivity contribution in [3.05, 3.63) is 46.8 Å². The summed E-state index contributed by atoms with van der Waals surface area (Å²) >= 11 is 0. The van der Waals surface area contributed by atoms with Crippen LogP contribution in [0.4, 0.5) is 4.39 Å². The van der Waals surface area contributed by atoms with Crippen LogP contribution >= 0.6 is 0 Å². The molecule has 0 bridgehead atoms. The third-order valence-corrected chi connectivity index (χ3v) is 3.40. The average Bonchev–Trinajstić information content (AvgIpc) is 2.99. The molecule has 9 heteroatoms. The number of esters is 1. The van der Waals surface area contributed by atoms with Crippen molar-refractivity contribution in [1.29, 1.82) is 0 Å². The number of carbonyl (C=O) groups is 1. The van der Waals surface area contributed by atoms with Crippen molar-refractivity contribution in [3.8, 4) is 5.69 Å². The van der Waals surface area contributed by atoms with E-state index in [1.54, 1.807) is 6.07 Å².